The van der Waals surface area contributed by atoms with Crippen molar-refractivity contribution in [3.05, 3.63) is 0 Å². The summed E-state index contributed by atoms with van der Waals surface area (Å²) in [4.78, 5) is 12.7. The Kier molecular flexibility index (Phi) is 5.66. The van der Waals surface area contributed by atoms with Gasteiger partial charge in [-0.3, -0.25) is 9.69 Å². The van der Waals surface area contributed by atoms with E-state index in [0.717, 1.165) is 19.3 Å². The first-order valence-electron chi connectivity index (χ1n) is 4.25. The van der Waals surface area contributed by atoms with Crippen molar-refractivity contribution in [2.75, 3.05) is 20.6 Å². The van der Waals surface area contributed by atoms with Gasteiger partial charge < -0.3 is 11.5 Å². The van der Waals surface area contributed by atoms with Crippen LogP contribution in [0.4, 0.5) is 0 Å². The van der Waals surface area contributed by atoms with Crippen LogP contribution in [-0.2, 0) is 4.79 Å². The van der Waals surface area contributed by atoms with E-state index in [1.54, 1.807) is 0 Å². The van der Waals surface area contributed by atoms with Crippen molar-refractivity contribution >= 4 is 5.91 Å². The molecular formula is C8H19N3O. The van der Waals surface area contributed by atoms with Crippen LogP contribution >= 0.6 is 0 Å². The fourth-order valence-corrected chi connectivity index (χ4v) is 1.14. The molecule has 0 spiro atoms. The Morgan fingerprint density at radius 1 is 1.42 bits per heavy atom. The fourth-order valence-electron chi connectivity index (χ4n) is 1.14. The SMILES string of the molecule is CN(C)C(CCCC[15NH2])C(N)=O. The molecule has 0 fully saturated rings. The van der Waals surface area contributed by atoms with E-state index in [2.05, 4.69) is 0 Å². The van der Waals surface area contributed by atoms with E-state index in [0.29, 0.717) is 6.54 Å². The average molecular weight is 174 g/mol. The standard InChI is InChI=1S/C8H19N3O/c1-11(2)7(8(10)12)5-3-4-6-9/h7H,3-6,9H2,1-2H3,(H2,10,12)/i9+1. The summed E-state index contributed by atoms with van der Waals surface area (Å²) in [7, 11) is 3.72. The van der Waals surface area contributed by atoms with Gasteiger partial charge in [0.05, 0.1) is 6.04 Å². The largest absolute Gasteiger partial charge is 0.368 e. The minimum Gasteiger partial charge on any atom is -0.368 e. The topological polar surface area (TPSA) is 72.3 Å². The quantitative estimate of drug-likeness (QED) is 0.422. The molecule has 1 amide bonds. The van der Waals surface area contributed by atoms with E-state index in [-0.39, 0.29) is 11.9 Å². The predicted octanol–water partition coefficient (Wildman–Crippen LogP) is -0.469. The predicted molar refractivity (Wildman–Crippen MR) is 49.6 cm³/mol. The summed E-state index contributed by atoms with van der Waals surface area (Å²) >= 11 is 0. The normalized spacial score (nSPS) is 13.3. The number of nitrogens with two attached hydrogens (primary N) is 2. The van der Waals surface area contributed by atoms with Gasteiger partial charge in [0.2, 0.25) is 5.91 Å². The van der Waals surface area contributed by atoms with Crippen molar-refractivity contribution in [1.82, 2.24) is 4.90 Å². The number of unbranched alkanes of at least 4 members (excludes halogenated alkanes) is 1. The number of nitrogens with zero attached hydrogens (tertiary/aromatic N) is 1. The van der Waals surface area contributed by atoms with Crippen LogP contribution in [0.25, 0.3) is 0 Å². The highest BCUT2D eigenvalue weighted by Gasteiger charge is 2.16. The van der Waals surface area contributed by atoms with E-state index in [4.69, 9.17) is 11.5 Å². The lowest BCUT2D eigenvalue weighted by molar-refractivity contribution is -0.122. The molecule has 0 aromatic rings. The van der Waals surface area contributed by atoms with Gasteiger partial charge in [-0.1, -0.05) is 6.42 Å². The fraction of sp³-hybridized carbons (Fsp3) is 0.875. The highest BCUT2D eigenvalue weighted by Crippen LogP contribution is 2.04. The van der Waals surface area contributed by atoms with E-state index < -0.39 is 0 Å². The van der Waals surface area contributed by atoms with Gasteiger partial charge in [0, 0.05) is 0 Å². The van der Waals surface area contributed by atoms with E-state index >= 15 is 0 Å². The average Bonchev–Trinajstić information content (AvgIpc) is 1.96. The molecule has 0 rings (SSSR count). The molecular weight excluding hydrogens is 155 g/mol. The van der Waals surface area contributed by atoms with Gasteiger partial charge in [-0.25, -0.2) is 0 Å². The second-order valence-electron chi connectivity index (χ2n) is 3.17. The summed E-state index contributed by atoms with van der Waals surface area (Å²) < 4.78 is 0. The molecule has 0 aliphatic heterocycles. The van der Waals surface area contributed by atoms with Gasteiger partial charge in [0.1, 0.15) is 0 Å². The second-order valence-corrected chi connectivity index (χ2v) is 3.17. The number of carbonyl (C=O) groups is 1. The van der Waals surface area contributed by atoms with Crippen LogP contribution in [0, 0.1) is 0 Å². The summed E-state index contributed by atoms with van der Waals surface area (Å²) in [5.74, 6) is -0.253. The maximum Gasteiger partial charge on any atom is 0.234 e. The van der Waals surface area contributed by atoms with E-state index in [1.165, 1.54) is 0 Å². The Morgan fingerprint density at radius 3 is 2.33 bits per heavy atom. The summed E-state index contributed by atoms with van der Waals surface area (Å²) in [6.45, 7) is 0.679. The molecule has 0 aromatic carbocycles. The lowest BCUT2D eigenvalue weighted by atomic mass is 10.1. The third-order valence-electron chi connectivity index (χ3n) is 1.88. The third-order valence-corrected chi connectivity index (χ3v) is 1.88. The Labute approximate surface area is 73.9 Å². The van der Waals surface area contributed by atoms with Crippen LogP contribution in [-0.4, -0.2) is 37.5 Å². The van der Waals surface area contributed by atoms with Crippen molar-refractivity contribution in [2.45, 2.75) is 25.3 Å². The van der Waals surface area contributed by atoms with E-state index in [9.17, 15) is 4.79 Å². The minimum atomic E-state index is -0.253. The van der Waals surface area contributed by atoms with Crippen LogP contribution in [0.1, 0.15) is 19.3 Å². The van der Waals surface area contributed by atoms with Crippen molar-refractivity contribution < 1.29 is 4.79 Å². The minimum absolute atomic E-state index is 0.142. The number of amides is 1. The Morgan fingerprint density at radius 2 is 2.00 bits per heavy atom. The van der Waals surface area contributed by atoms with Crippen LogP contribution < -0.4 is 11.5 Å². The second kappa shape index (κ2) is 5.97. The molecule has 1 atom stereocenters. The van der Waals surface area contributed by atoms with Crippen LogP contribution in [0.5, 0.6) is 0 Å². The molecule has 0 aliphatic rings. The molecule has 0 aromatic heterocycles. The van der Waals surface area contributed by atoms with Gasteiger partial charge >= 0.3 is 0 Å². The van der Waals surface area contributed by atoms with Crippen molar-refractivity contribution in [3.8, 4) is 0 Å². The Hall–Kier alpha value is -0.610. The first-order valence-corrected chi connectivity index (χ1v) is 4.25. The summed E-state index contributed by atoms with van der Waals surface area (Å²) in [5, 5.41) is 0. The maximum atomic E-state index is 10.9. The molecule has 72 valence electrons. The number of rotatable bonds is 6. The monoisotopic (exact) mass is 174 g/mol. The molecule has 0 bridgehead atoms. The number of likely N-dealkylation sites (N-methyl/N-ethyl adjacent to an activating group) is 1. The van der Waals surface area contributed by atoms with Gasteiger partial charge in [-0.05, 0) is 33.5 Å². The smallest absolute Gasteiger partial charge is 0.234 e. The van der Waals surface area contributed by atoms with Gasteiger partial charge in [0.25, 0.3) is 0 Å². The van der Waals surface area contributed by atoms with E-state index in [1.807, 2.05) is 19.0 Å². The Bertz CT molecular complexity index is 136. The van der Waals surface area contributed by atoms with Crippen LogP contribution in [0.3, 0.4) is 0 Å². The first kappa shape index (κ1) is 11.4. The molecule has 0 saturated carbocycles. The zero-order valence-corrected chi connectivity index (χ0v) is 7.92. The van der Waals surface area contributed by atoms with Gasteiger partial charge in [-0.15, -0.1) is 0 Å². The zero-order chi connectivity index (χ0) is 9.56. The molecule has 0 aliphatic carbocycles. The van der Waals surface area contributed by atoms with Gasteiger partial charge in [0.15, 0.2) is 0 Å². The maximum absolute atomic E-state index is 10.9. The van der Waals surface area contributed by atoms with Crippen molar-refractivity contribution in [1.29, 1.82) is 0 Å². The number of primary amides is 1. The summed E-state index contributed by atoms with van der Waals surface area (Å²) in [5.41, 5.74) is 10.5. The number of hydrogen-bond acceptors (Lipinski definition) is 3. The van der Waals surface area contributed by atoms with Crippen LogP contribution in [0.2, 0.25) is 0 Å². The molecule has 0 radical (unpaired) electrons. The van der Waals surface area contributed by atoms with Gasteiger partial charge in [-0.2, -0.15) is 0 Å². The molecule has 0 heterocycles. The number of hydrogen-bond donors (Lipinski definition) is 2. The highest BCUT2D eigenvalue weighted by atomic mass is 16.1. The van der Waals surface area contributed by atoms with Crippen molar-refractivity contribution in [2.24, 2.45) is 11.5 Å². The summed E-state index contributed by atoms with van der Waals surface area (Å²) in [6, 6.07) is -0.142. The first-order chi connectivity index (χ1) is 5.59. The molecule has 4 nitrogen and oxygen atoms in total. The number of carbonyl (C=O) groups excluding carboxylic acids is 1. The highest BCUT2D eigenvalue weighted by molar-refractivity contribution is 5.79. The molecule has 0 saturated heterocycles. The summed E-state index contributed by atoms with van der Waals surface area (Å²) in [6.07, 6.45) is 2.72. The Balaban J connectivity index is 3.72. The molecule has 1 unspecified atom stereocenters. The van der Waals surface area contributed by atoms with Crippen molar-refractivity contribution in [3.63, 3.8) is 0 Å². The molecule has 4 N–H and O–H groups in total. The molecule has 4 heteroatoms. The van der Waals surface area contributed by atoms with Crippen LogP contribution in [0.15, 0.2) is 0 Å². The lowest BCUT2D eigenvalue weighted by Crippen LogP contribution is -2.40. The zero-order valence-electron chi connectivity index (χ0n) is 7.92. The third kappa shape index (κ3) is 4.31. The lowest BCUT2D eigenvalue weighted by Gasteiger charge is -2.20. The molecule has 12 heavy (non-hydrogen) atoms.